The van der Waals surface area contributed by atoms with Gasteiger partial charge in [-0.05, 0) is 42.8 Å². The van der Waals surface area contributed by atoms with Crippen LogP contribution in [-0.2, 0) is 0 Å². The van der Waals surface area contributed by atoms with Gasteiger partial charge in [0.2, 0.25) is 0 Å². The molecule has 2 aromatic rings. The molecule has 0 aliphatic rings. The van der Waals surface area contributed by atoms with Gasteiger partial charge in [-0.3, -0.25) is 14.8 Å². The number of benzene rings is 2. The molecule has 6 nitrogen and oxygen atoms in total. The molecular formula is C17H17FN2O4. The van der Waals surface area contributed by atoms with Crippen LogP contribution in [0.3, 0.4) is 0 Å². The van der Waals surface area contributed by atoms with E-state index in [1.807, 2.05) is 0 Å². The van der Waals surface area contributed by atoms with Crippen LogP contribution in [0.15, 0.2) is 42.5 Å². The van der Waals surface area contributed by atoms with Crippen LogP contribution in [0.25, 0.3) is 0 Å². The SMILES string of the molecule is COc1cc(C(=O)NC(C)c2ccc(C(=O)NO)cc2)ccc1F. The van der Waals surface area contributed by atoms with Crippen molar-refractivity contribution < 1.29 is 23.9 Å². The summed E-state index contributed by atoms with van der Waals surface area (Å²) in [6, 6.07) is 9.93. The Morgan fingerprint density at radius 3 is 2.29 bits per heavy atom. The fraction of sp³-hybridized carbons (Fsp3) is 0.176. The highest BCUT2D eigenvalue weighted by Crippen LogP contribution is 2.19. The summed E-state index contributed by atoms with van der Waals surface area (Å²) in [7, 11) is 1.33. The number of hydrogen-bond acceptors (Lipinski definition) is 4. The van der Waals surface area contributed by atoms with Crippen molar-refractivity contribution in [1.82, 2.24) is 10.8 Å². The maximum atomic E-state index is 13.4. The van der Waals surface area contributed by atoms with Crippen LogP contribution in [0.2, 0.25) is 0 Å². The zero-order valence-corrected chi connectivity index (χ0v) is 13.2. The summed E-state index contributed by atoms with van der Waals surface area (Å²) in [5.74, 6) is -1.54. The van der Waals surface area contributed by atoms with Gasteiger partial charge in [0.05, 0.1) is 13.2 Å². The predicted octanol–water partition coefficient (Wildman–Crippen LogP) is 2.44. The van der Waals surface area contributed by atoms with E-state index < -0.39 is 11.7 Å². The zero-order valence-electron chi connectivity index (χ0n) is 13.2. The molecule has 24 heavy (non-hydrogen) atoms. The van der Waals surface area contributed by atoms with Gasteiger partial charge in [-0.2, -0.15) is 0 Å². The molecule has 0 aliphatic carbocycles. The van der Waals surface area contributed by atoms with Crippen molar-refractivity contribution in [1.29, 1.82) is 0 Å². The highest BCUT2D eigenvalue weighted by Gasteiger charge is 2.14. The first-order valence-electron chi connectivity index (χ1n) is 7.15. The number of carbonyl (C=O) groups excluding carboxylic acids is 2. The Hall–Kier alpha value is -2.93. The fourth-order valence-electron chi connectivity index (χ4n) is 2.15. The third-order valence-electron chi connectivity index (χ3n) is 3.54. The predicted molar refractivity (Wildman–Crippen MR) is 84.5 cm³/mol. The van der Waals surface area contributed by atoms with Crippen LogP contribution in [0.1, 0.15) is 39.2 Å². The summed E-state index contributed by atoms with van der Waals surface area (Å²) in [6.45, 7) is 1.78. The number of nitrogens with one attached hydrogen (secondary N) is 2. The maximum absolute atomic E-state index is 13.4. The molecule has 0 saturated heterocycles. The number of hydroxylamine groups is 1. The van der Waals surface area contributed by atoms with Crippen molar-refractivity contribution in [3.8, 4) is 5.75 Å². The third kappa shape index (κ3) is 3.88. The Labute approximate surface area is 138 Å². The molecular weight excluding hydrogens is 315 g/mol. The molecule has 0 spiro atoms. The van der Waals surface area contributed by atoms with Crippen LogP contribution >= 0.6 is 0 Å². The Morgan fingerprint density at radius 1 is 1.08 bits per heavy atom. The molecule has 0 heterocycles. The number of rotatable bonds is 5. The molecule has 2 amide bonds. The van der Waals surface area contributed by atoms with E-state index in [1.165, 1.54) is 37.4 Å². The highest BCUT2D eigenvalue weighted by molar-refractivity contribution is 5.95. The molecule has 2 aromatic carbocycles. The van der Waals surface area contributed by atoms with Crippen LogP contribution in [-0.4, -0.2) is 24.1 Å². The van der Waals surface area contributed by atoms with Crippen molar-refractivity contribution in [3.05, 3.63) is 65.0 Å². The first kappa shape index (κ1) is 17.4. The molecule has 0 fully saturated rings. The Morgan fingerprint density at radius 2 is 1.71 bits per heavy atom. The summed E-state index contributed by atoms with van der Waals surface area (Å²) < 4.78 is 18.2. The smallest absolute Gasteiger partial charge is 0.274 e. The van der Waals surface area contributed by atoms with Gasteiger partial charge in [-0.15, -0.1) is 0 Å². The molecule has 0 aliphatic heterocycles. The van der Waals surface area contributed by atoms with Gasteiger partial charge in [0.25, 0.3) is 11.8 Å². The largest absolute Gasteiger partial charge is 0.494 e. The van der Waals surface area contributed by atoms with Crippen LogP contribution in [0.5, 0.6) is 5.75 Å². The van der Waals surface area contributed by atoms with E-state index in [2.05, 4.69) is 5.32 Å². The molecule has 1 unspecified atom stereocenters. The number of halogens is 1. The molecule has 0 saturated carbocycles. The third-order valence-corrected chi connectivity index (χ3v) is 3.54. The van der Waals surface area contributed by atoms with Gasteiger partial charge in [0.15, 0.2) is 11.6 Å². The molecule has 0 aromatic heterocycles. The molecule has 126 valence electrons. The average Bonchev–Trinajstić information content (AvgIpc) is 2.61. The minimum absolute atomic E-state index is 0.00493. The Kier molecular flexibility index (Phi) is 5.49. The number of hydrogen-bond donors (Lipinski definition) is 3. The van der Waals surface area contributed by atoms with E-state index >= 15 is 0 Å². The second-order valence-electron chi connectivity index (χ2n) is 5.11. The van der Waals surface area contributed by atoms with Crippen molar-refractivity contribution >= 4 is 11.8 Å². The molecule has 7 heteroatoms. The molecule has 1 atom stereocenters. The molecule has 2 rings (SSSR count). The maximum Gasteiger partial charge on any atom is 0.274 e. The first-order chi connectivity index (χ1) is 11.5. The molecule has 0 radical (unpaired) electrons. The number of methoxy groups -OCH3 is 1. The van der Waals surface area contributed by atoms with Crippen LogP contribution in [0.4, 0.5) is 4.39 Å². The highest BCUT2D eigenvalue weighted by atomic mass is 19.1. The second kappa shape index (κ2) is 7.56. The first-order valence-corrected chi connectivity index (χ1v) is 7.15. The van der Waals surface area contributed by atoms with E-state index in [9.17, 15) is 14.0 Å². The molecule has 0 bridgehead atoms. The normalized spacial score (nSPS) is 11.5. The minimum atomic E-state index is -0.614. The van der Waals surface area contributed by atoms with Gasteiger partial charge in [0.1, 0.15) is 0 Å². The zero-order chi connectivity index (χ0) is 17.7. The van der Waals surface area contributed by atoms with E-state index in [4.69, 9.17) is 9.94 Å². The van der Waals surface area contributed by atoms with Crippen LogP contribution in [0, 0.1) is 5.82 Å². The lowest BCUT2D eigenvalue weighted by Crippen LogP contribution is -2.26. The van der Waals surface area contributed by atoms with Crippen molar-refractivity contribution in [2.45, 2.75) is 13.0 Å². The Bertz CT molecular complexity index is 747. The van der Waals surface area contributed by atoms with Crippen molar-refractivity contribution in [2.24, 2.45) is 0 Å². The second-order valence-corrected chi connectivity index (χ2v) is 5.11. The van der Waals surface area contributed by atoms with Gasteiger partial charge in [0, 0.05) is 11.1 Å². The standard InChI is InChI=1S/C17H17FN2O4/c1-10(11-3-5-12(6-4-11)17(22)20-23)19-16(21)13-7-8-14(18)15(9-13)24-2/h3-10,23H,1-2H3,(H,19,21)(H,20,22). The fourth-order valence-corrected chi connectivity index (χ4v) is 2.15. The van der Waals surface area contributed by atoms with E-state index in [0.717, 1.165) is 5.56 Å². The van der Waals surface area contributed by atoms with Crippen LogP contribution < -0.4 is 15.5 Å². The Balaban J connectivity index is 2.09. The van der Waals surface area contributed by atoms with Gasteiger partial charge in [-0.1, -0.05) is 12.1 Å². The van der Waals surface area contributed by atoms with E-state index in [0.29, 0.717) is 5.56 Å². The number of carbonyl (C=O) groups is 2. The summed E-state index contributed by atoms with van der Waals surface area (Å²) in [5, 5.41) is 11.4. The molecule has 3 N–H and O–H groups in total. The lowest BCUT2D eigenvalue weighted by atomic mass is 10.1. The van der Waals surface area contributed by atoms with E-state index in [-0.39, 0.29) is 23.3 Å². The minimum Gasteiger partial charge on any atom is -0.494 e. The van der Waals surface area contributed by atoms with Gasteiger partial charge in [-0.25, -0.2) is 9.87 Å². The topological polar surface area (TPSA) is 87.7 Å². The van der Waals surface area contributed by atoms with E-state index in [1.54, 1.807) is 24.5 Å². The van der Waals surface area contributed by atoms with Crippen molar-refractivity contribution in [2.75, 3.05) is 7.11 Å². The lowest BCUT2D eigenvalue weighted by Gasteiger charge is -2.15. The summed E-state index contributed by atoms with van der Waals surface area (Å²) >= 11 is 0. The summed E-state index contributed by atoms with van der Waals surface area (Å²) in [4.78, 5) is 23.5. The lowest BCUT2D eigenvalue weighted by molar-refractivity contribution is 0.0706. The average molecular weight is 332 g/mol. The number of amides is 2. The van der Waals surface area contributed by atoms with Crippen molar-refractivity contribution in [3.63, 3.8) is 0 Å². The van der Waals surface area contributed by atoms with Gasteiger partial charge >= 0.3 is 0 Å². The number of ether oxygens (including phenoxy) is 1. The summed E-state index contributed by atoms with van der Waals surface area (Å²) in [5.41, 5.74) is 2.89. The van der Waals surface area contributed by atoms with Gasteiger partial charge < -0.3 is 10.1 Å². The quantitative estimate of drug-likeness (QED) is 0.580. The summed E-state index contributed by atoms with van der Waals surface area (Å²) in [6.07, 6.45) is 0. The monoisotopic (exact) mass is 332 g/mol.